The fraction of sp³-hybridized carbons (Fsp3) is 0.632. The fourth-order valence-corrected chi connectivity index (χ4v) is 3.55. The summed E-state index contributed by atoms with van der Waals surface area (Å²) in [5, 5.41) is 6.28. The summed E-state index contributed by atoms with van der Waals surface area (Å²) in [4.78, 5) is 12.1. The van der Waals surface area contributed by atoms with Crippen LogP contribution in [0.15, 0.2) is 18.2 Å². The molecule has 4 heteroatoms. The van der Waals surface area contributed by atoms with Crippen molar-refractivity contribution in [3.8, 4) is 0 Å². The van der Waals surface area contributed by atoms with E-state index in [1.807, 2.05) is 0 Å². The van der Waals surface area contributed by atoms with Crippen LogP contribution in [0.1, 0.15) is 55.3 Å². The molecule has 0 aromatic heterocycles. The molecule has 0 radical (unpaired) electrons. The highest BCUT2D eigenvalue weighted by Crippen LogP contribution is 2.24. The summed E-state index contributed by atoms with van der Waals surface area (Å²) in [5.41, 5.74) is 4.15. The molecule has 2 atom stereocenters. The molecule has 1 aromatic carbocycles. The molecule has 1 aromatic rings. The number of carbonyl (C=O) groups excluding carboxylic acids is 1. The van der Waals surface area contributed by atoms with E-state index in [0.29, 0.717) is 6.54 Å². The first-order valence-electron chi connectivity index (χ1n) is 8.96. The zero-order valence-electron chi connectivity index (χ0n) is 14.1. The average Bonchev–Trinajstić information content (AvgIpc) is 3.07. The smallest absolute Gasteiger partial charge is 0.234 e. The van der Waals surface area contributed by atoms with E-state index in [1.165, 1.54) is 42.4 Å². The SMILES string of the molecule is CC(NC(=O)CNCC1CCCO1)c1ccc2c(c1)CCCC2. The third-order valence-electron chi connectivity index (χ3n) is 4.93. The Kier molecular flexibility index (Phi) is 5.68. The molecule has 0 spiro atoms. The molecule has 2 unspecified atom stereocenters. The van der Waals surface area contributed by atoms with Gasteiger partial charge in [0.1, 0.15) is 0 Å². The van der Waals surface area contributed by atoms with Crippen molar-refractivity contribution >= 4 is 5.91 Å². The standard InChI is InChI=1S/C19H28N2O2/c1-14(16-9-8-15-5-2-3-6-17(15)11-16)21-19(22)13-20-12-18-7-4-10-23-18/h8-9,11,14,18,20H,2-7,10,12-13H2,1H3,(H,21,22). The minimum Gasteiger partial charge on any atom is -0.377 e. The van der Waals surface area contributed by atoms with Gasteiger partial charge in [0.15, 0.2) is 0 Å². The Bertz CT molecular complexity index is 538. The molecule has 126 valence electrons. The lowest BCUT2D eigenvalue weighted by atomic mass is 9.89. The number of nitrogens with one attached hydrogen (secondary N) is 2. The van der Waals surface area contributed by atoms with Gasteiger partial charge in [-0.3, -0.25) is 4.79 Å². The number of hydrogen-bond donors (Lipinski definition) is 2. The zero-order chi connectivity index (χ0) is 16.1. The third kappa shape index (κ3) is 4.55. The molecule has 0 bridgehead atoms. The summed E-state index contributed by atoms with van der Waals surface area (Å²) in [6.07, 6.45) is 7.46. The summed E-state index contributed by atoms with van der Waals surface area (Å²) < 4.78 is 5.54. The Morgan fingerprint density at radius 1 is 1.26 bits per heavy atom. The molecule has 2 aliphatic rings. The summed E-state index contributed by atoms with van der Waals surface area (Å²) in [6, 6.07) is 6.73. The van der Waals surface area contributed by atoms with E-state index in [9.17, 15) is 4.79 Å². The van der Waals surface area contributed by atoms with E-state index >= 15 is 0 Å². The number of ether oxygens (including phenoxy) is 1. The van der Waals surface area contributed by atoms with Crippen LogP contribution in [0.3, 0.4) is 0 Å². The van der Waals surface area contributed by atoms with Crippen molar-refractivity contribution in [2.75, 3.05) is 19.7 Å². The van der Waals surface area contributed by atoms with Gasteiger partial charge in [-0.05, 0) is 62.1 Å². The number of carbonyl (C=O) groups is 1. The fourth-order valence-electron chi connectivity index (χ4n) is 3.55. The number of benzene rings is 1. The first kappa shape index (κ1) is 16.5. The van der Waals surface area contributed by atoms with Crippen LogP contribution in [0.2, 0.25) is 0 Å². The Hall–Kier alpha value is -1.39. The highest BCUT2D eigenvalue weighted by molar-refractivity contribution is 5.78. The number of amides is 1. The van der Waals surface area contributed by atoms with Gasteiger partial charge in [0.25, 0.3) is 0 Å². The lowest BCUT2D eigenvalue weighted by Gasteiger charge is -2.20. The van der Waals surface area contributed by atoms with Gasteiger partial charge >= 0.3 is 0 Å². The van der Waals surface area contributed by atoms with Crippen LogP contribution in [-0.4, -0.2) is 31.7 Å². The summed E-state index contributed by atoms with van der Waals surface area (Å²) in [6.45, 7) is 4.03. The molecule has 3 rings (SSSR count). The Morgan fingerprint density at radius 3 is 2.87 bits per heavy atom. The van der Waals surface area contributed by atoms with Crippen molar-refractivity contribution in [3.05, 3.63) is 34.9 Å². The van der Waals surface area contributed by atoms with E-state index in [-0.39, 0.29) is 18.1 Å². The van der Waals surface area contributed by atoms with Gasteiger partial charge in [-0.2, -0.15) is 0 Å². The second-order valence-electron chi connectivity index (χ2n) is 6.79. The lowest BCUT2D eigenvalue weighted by molar-refractivity contribution is -0.120. The molecule has 1 amide bonds. The van der Waals surface area contributed by atoms with Crippen LogP contribution in [0.25, 0.3) is 0 Å². The first-order valence-corrected chi connectivity index (χ1v) is 8.96. The maximum absolute atomic E-state index is 12.1. The molecule has 1 aliphatic carbocycles. The maximum Gasteiger partial charge on any atom is 0.234 e. The lowest BCUT2D eigenvalue weighted by Crippen LogP contribution is -2.38. The summed E-state index contributed by atoms with van der Waals surface area (Å²) in [7, 11) is 0. The highest BCUT2D eigenvalue weighted by atomic mass is 16.5. The molecular formula is C19H28N2O2. The number of aryl methyl sites for hydroxylation is 2. The third-order valence-corrected chi connectivity index (χ3v) is 4.93. The van der Waals surface area contributed by atoms with Gasteiger partial charge in [-0.1, -0.05) is 18.2 Å². The number of rotatable bonds is 6. The van der Waals surface area contributed by atoms with Crippen LogP contribution in [0, 0.1) is 0 Å². The largest absolute Gasteiger partial charge is 0.377 e. The van der Waals surface area contributed by atoms with Crippen LogP contribution >= 0.6 is 0 Å². The normalized spacial score (nSPS) is 21.7. The number of fused-ring (bicyclic) bond motifs is 1. The molecule has 1 heterocycles. The van der Waals surface area contributed by atoms with Crippen molar-refractivity contribution in [2.24, 2.45) is 0 Å². The van der Waals surface area contributed by atoms with E-state index in [0.717, 1.165) is 26.0 Å². The van der Waals surface area contributed by atoms with Crippen molar-refractivity contribution in [3.63, 3.8) is 0 Å². The van der Waals surface area contributed by atoms with E-state index in [4.69, 9.17) is 4.74 Å². The maximum atomic E-state index is 12.1. The van der Waals surface area contributed by atoms with Crippen molar-refractivity contribution in [1.29, 1.82) is 0 Å². The topological polar surface area (TPSA) is 50.4 Å². The van der Waals surface area contributed by atoms with Gasteiger partial charge in [0.2, 0.25) is 5.91 Å². The minimum absolute atomic E-state index is 0.0493. The van der Waals surface area contributed by atoms with Crippen molar-refractivity contribution < 1.29 is 9.53 Å². The van der Waals surface area contributed by atoms with Crippen LogP contribution in [-0.2, 0) is 22.4 Å². The predicted octanol–water partition coefficient (Wildman–Crippen LogP) is 2.51. The highest BCUT2D eigenvalue weighted by Gasteiger charge is 2.16. The Morgan fingerprint density at radius 2 is 2.09 bits per heavy atom. The van der Waals surface area contributed by atoms with E-state index in [1.54, 1.807) is 0 Å². The Balaban J connectivity index is 1.46. The van der Waals surface area contributed by atoms with Crippen LogP contribution in [0.5, 0.6) is 0 Å². The molecule has 4 nitrogen and oxygen atoms in total. The minimum atomic E-state index is 0.0493. The number of hydrogen-bond acceptors (Lipinski definition) is 3. The molecule has 1 aliphatic heterocycles. The van der Waals surface area contributed by atoms with Crippen molar-refractivity contribution in [1.82, 2.24) is 10.6 Å². The van der Waals surface area contributed by atoms with E-state index in [2.05, 4.69) is 35.8 Å². The van der Waals surface area contributed by atoms with Crippen LogP contribution in [0.4, 0.5) is 0 Å². The predicted molar refractivity (Wildman–Crippen MR) is 91.5 cm³/mol. The summed E-state index contributed by atoms with van der Waals surface area (Å²) >= 11 is 0. The summed E-state index contributed by atoms with van der Waals surface area (Å²) in [5.74, 6) is 0.0493. The van der Waals surface area contributed by atoms with Gasteiger partial charge in [0, 0.05) is 13.2 Å². The van der Waals surface area contributed by atoms with Crippen molar-refractivity contribution in [2.45, 2.75) is 57.6 Å². The van der Waals surface area contributed by atoms with E-state index < -0.39 is 0 Å². The van der Waals surface area contributed by atoms with Crippen LogP contribution < -0.4 is 10.6 Å². The average molecular weight is 316 g/mol. The van der Waals surface area contributed by atoms with Gasteiger partial charge in [0.05, 0.1) is 18.7 Å². The van der Waals surface area contributed by atoms with Gasteiger partial charge in [-0.25, -0.2) is 0 Å². The molecule has 0 saturated carbocycles. The molecule has 1 fully saturated rings. The molecule has 1 saturated heterocycles. The molecule has 2 N–H and O–H groups in total. The van der Waals surface area contributed by atoms with Gasteiger partial charge in [-0.15, -0.1) is 0 Å². The second-order valence-corrected chi connectivity index (χ2v) is 6.79. The first-order chi connectivity index (χ1) is 11.2. The monoisotopic (exact) mass is 316 g/mol. The Labute approximate surface area is 139 Å². The molecule has 23 heavy (non-hydrogen) atoms. The van der Waals surface area contributed by atoms with Gasteiger partial charge < -0.3 is 15.4 Å². The zero-order valence-corrected chi connectivity index (χ0v) is 14.1. The quantitative estimate of drug-likeness (QED) is 0.848. The second kappa shape index (κ2) is 7.93. The molecular weight excluding hydrogens is 288 g/mol.